The van der Waals surface area contributed by atoms with Gasteiger partial charge in [-0.15, -0.1) is 0 Å². The molecule has 3 rings (SSSR count). The monoisotopic (exact) mass is 308 g/mol. The summed E-state index contributed by atoms with van der Waals surface area (Å²) in [6.07, 6.45) is 5.83. The molecule has 1 aliphatic heterocycles. The molecule has 1 heterocycles. The zero-order valence-electron chi connectivity index (χ0n) is 12.5. The number of halogens is 1. The van der Waals surface area contributed by atoms with E-state index in [0.717, 1.165) is 44.0 Å². The highest BCUT2D eigenvalue weighted by Crippen LogP contribution is 2.26. The molecule has 1 saturated heterocycles. The molecule has 0 amide bonds. The highest BCUT2D eigenvalue weighted by Gasteiger charge is 2.31. The minimum atomic E-state index is 0.414. The standard InChI is InChI=1S/C17H25ClN2O/c18-14-3-1-13(2-4-14)11-17-12-21-10-9-20(17)16-7-5-15(19)6-8-16/h1-4,15-17H,5-12,19H2. The molecule has 116 valence electrons. The topological polar surface area (TPSA) is 38.5 Å². The van der Waals surface area contributed by atoms with E-state index in [4.69, 9.17) is 22.1 Å². The third-order valence-electron chi connectivity index (χ3n) is 4.87. The zero-order valence-corrected chi connectivity index (χ0v) is 13.3. The van der Waals surface area contributed by atoms with E-state index < -0.39 is 0 Å². The average Bonchev–Trinajstić information content (AvgIpc) is 2.51. The van der Waals surface area contributed by atoms with E-state index in [1.165, 1.54) is 18.4 Å². The normalized spacial score (nSPS) is 31.2. The Morgan fingerprint density at radius 3 is 2.57 bits per heavy atom. The van der Waals surface area contributed by atoms with Gasteiger partial charge in [-0.05, 0) is 49.8 Å². The Hall–Kier alpha value is -0.610. The summed E-state index contributed by atoms with van der Waals surface area (Å²) in [6, 6.07) is 9.80. The summed E-state index contributed by atoms with van der Waals surface area (Å²) in [7, 11) is 0. The summed E-state index contributed by atoms with van der Waals surface area (Å²) in [5.41, 5.74) is 7.38. The molecule has 1 aliphatic carbocycles. The number of hydrogen-bond donors (Lipinski definition) is 1. The lowest BCUT2D eigenvalue weighted by atomic mass is 9.89. The molecule has 1 unspecified atom stereocenters. The number of nitrogens with zero attached hydrogens (tertiary/aromatic N) is 1. The Kier molecular flexibility index (Phi) is 5.17. The van der Waals surface area contributed by atoms with Crippen LogP contribution in [0.2, 0.25) is 5.02 Å². The van der Waals surface area contributed by atoms with Crippen LogP contribution in [0.5, 0.6) is 0 Å². The van der Waals surface area contributed by atoms with E-state index in [1.807, 2.05) is 12.1 Å². The van der Waals surface area contributed by atoms with Crippen molar-refractivity contribution >= 4 is 11.6 Å². The molecule has 2 N–H and O–H groups in total. The predicted octanol–water partition coefficient (Wildman–Crippen LogP) is 2.85. The van der Waals surface area contributed by atoms with Crippen molar-refractivity contribution in [1.82, 2.24) is 4.90 Å². The van der Waals surface area contributed by atoms with Gasteiger partial charge in [-0.2, -0.15) is 0 Å². The van der Waals surface area contributed by atoms with Crippen LogP contribution in [0, 0.1) is 0 Å². The molecule has 3 nitrogen and oxygen atoms in total. The number of hydrogen-bond acceptors (Lipinski definition) is 3. The first-order chi connectivity index (χ1) is 10.2. The SMILES string of the molecule is NC1CCC(N2CCOCC2Cc2ccc(Cl)cc2)CC1. The predicted molar refractivity (Wildman–Crippen MR) is 86.7 cm³/mol. The fourth-order valence-corrected chi connectivity index (χ4v) is 3.78. The van der Waals surface area contributed by atoms with Crippen LogP contribution >= 0.6 is 11.6 Å². The minimum Gasteiger partial charge on any atom is -0.378 e. The molecule has 1 saturated carbocycles. The van der Waals surface area contributed by atoms with Crippen molar-refractivity contribution < 1.29 is 4.74 Å². The Balaban J connectivity index is 1.65. The van der Waals surface area contributed by atoms with Crippen molar-refractivity contribution in [2.45, 2.75) is 50.2 Å². The highest BCUT2D eigenvalue weighted by atomic mass is 35.5. The van der Waals surface area contributed by atoms with Crippen LogP contribution < -0.4 is 5.73 Å². The lowest BCUT2D eigenvalue weighted by Crippen LogP contribution is -2.53. The van der Waals surface area contributed by atoms with Gasteiger partial charge >= 0.3 is 0 Å². The molecule has 0 aromatic heterocycles. The summed E-state index contributed by atoms with van der Waals surface area (Å²) in [5, 5.41) is 0.803. The number of rotatable bonds is 3. The summed E-state index contributed by atoms with van der Waals surface area (Å²) in [6.45, 7) is 2.75. The molecular formula is C17H25ClN2O. The van der Waals surface area contributed by atoms with E-state index in [0.29, 0.717) is 18.1 Å². The van der Waals surface area contributed by atoms with Crippen molar-refractivity contribution in [3.05, 3.63) is 34.9 Å². The van der Waals surface area contributed by atoms with Crippen LogP contribution in [0.3, 0.4) is 0 Å². The summed E-state index contributed by atoms with van der Waals surface area (Å²) < 4.78 is 5.73. The molecule has 2 fully saturated rings. The first-order valence-corrected chi connectivity index (χ1v) is 8.43. The summed E-state index contributed by atoms with van der Waals surface area (Å²) in [5.74, 6) is 0. The lowest BCUT2D eigenvalue weighted by molar-refractivity contribution is -0.0364. The fraction of sp³-hybridized carbons (Fsp3) is 0.647. The molecule has 21 heavy (non-hydrogen) atoms. The van der Waals surface area contributed by atoms with Gasteiger partial charge in [-0.3, -0.25) is 4.90 Å². The minimum absolute atomic E-state index is 0.414. The van der Waals surface area contributed by atoms with Gasteiger partial charge in [0, 0.05) is 29.7 Å². The fourth-order valence-electron chi connectivity index (χ4n) is 3.65. The lowest BCUT2D eigenvalue weighted by Gasteiger charge is -2.43. The van der Waals surface area contributed by atoms with Gasteiger partial charge in [-0.25, -0.2) is 0 Å². The number of morpholine rings is 1. The second kappa shape index (κ2) is 7.10. The Labute approximate surface area is 132 Å². The second-order valence-electron chi connectivity index (χ2n) is 6.37. The Bertz CT molecular complexity index is 443. The van der Waals surface area contributed by atoms with E-state index in [2.05, 4.69) is 17.0 Å². The number of ether oxygens (including phenoxy) is 1. The van der Waals surface area contributed by atoms with Crippen molar-refractivity contribution in [3.8, 4) is 0 Å². The van der Waals surface area contributed by atoms with E-state index in [-0.39, 0.29) is 0 Å². The summed E-state index contributed by atoms with van der Waals surface area (Å²) >= 11 is 5.97. The van der Waals surface area contributed by atoms with Crippen LogP contribution in [0.25, 0.3) is 0 Å². The van der Waals surface area contributed by atoms with E-state index >= 15 is 0 Å². The molecule has 2 aliphatic rings. The molecule has 0 spiro atoms. The van der Waals surface area contributed by atoms with Gasteiger partial charge < -0.3 is 10.5 Å². The van der Waals surface area contributed by atoms with Gasteiger partial charge in [0.05, 0.1) is 13.2 Å². The average molecular weight is 309 g/mol. The van der Waals surface area contributed by atoms with Crippen molar-refractivity contribution in [3.63, 3.8) is 0 Å². The maximum absolute atomic E-state index is 6.04. The van der Waals surface area contributed by atoms with Crippen LogP contribution in [-0.2, 0) is 11.2 Å². The maximum atomic E-state index is 6.04. The van der Waals surface area contributed by atoms with Crippen LogP contribution in [0.15, 0.2) is 24.3 Å². The first-order valence-electron chi connectivity index (χ1n) is 8.06. The molecule has 4 heteroatoms. The quantitative estimate of drug-likeness (QED) is 0.933. The Morgan fingerprint density at radius 2 is 1.86 bits per heavy atom. The van der Waals surface area contributed by atoms with E-state index in [1.54, 1.807) is 0 Å². The summed E-state index contributed by atoms with van der Waals surface area (Å²) in [4.78, 5) is 2.67. The van der Waals surface area contributed by atoms with Crippen molar-refractivity contribution in [1.29, 1.82) is 0 Å². The smallest absolute Gasteiger partial charge is 0.0625 e. The largest absolute Gasteiger partial charge is 0.378 e. The van der Waals surface area contributed by atoms with Crippen molar-refractivity contribution in [2.75, 3.05) is 19.8 Å². The first kappa shape index (κ1) is 15.3. The van der Waals surface area contributed by atoms with Crippen molar-refractivity contribution in [2.24, 2.45) is 5.73 Å². The third kappa shape index (κ3) is 3.98. The Morgan fingerprint density at radius 1 is 1.14 bits per heavy atom. The highest BCUT2D eigenvalue weighted by molar-refractivity contribution is 6.30. The molecule has 1 aromatic carbocycles. The molecule has 0 bridgehead atoms. The third-order valence-corrected chi connectivity index (χ3v) is 5.12. The molecular weight excluding hydrogens is 284 g/mol. The van der Waals surface area contributed by atoms with Gasteiger partial charge in [0.15, 0.2) is 0 Å². The maximum Gasteiger partial charge on any atom is 0.0625 e. The van der Waals surface area contributed by atoms with Crippen LogP contribution in [0.4, 0.5) is 0 Å². The van der Waals surface area contributed by atoms with Gasteiger partial charge in [-0.1, -0.05) is 23.7 Å². The number of nitrogens with two attached hydrogens (primary N) is 1. The van der Waals surface area contributed by atoms with Crippen LogP contribution in [0.1, 0.15) is 31.2 Å². The molecule has 1 aromatic rings. The number of benzene rings is 1. The van der Waals surface area contributed by atoms with Gasteiger partial charge in [0.1, 0.15) is 0 Å². The van der Waals surface area contributed by atoms with Gasteiger partial charge in [0.2, 0.25) is 0 Å². The second-order valence-corrected chi connectivity index (χ2v) is 6.80. The van der Waals surface area contributed by atoms with Gasteiger partial charge in [0.25, 0.3) is 0 Å². The van der Waals surface area contributed by atoms with E-state index in [9.17, 15) is 0 Å². The van der Waals surface area contributed by atoms with Crippen LogP contribution in [-0.4, -0.2) is 42.8 Å². The molecule has 0 radical (unpaired) electrons. The zero-order chi connectivity index (χ0) is 14.7. The molecule has 1 atom stereocenters.